The van der Waals surface area contributed by atoms with Gasteiger partial charge in [0.1, 0.15) is 0 Å². The second-order valence-electron chi connectivity index (χ2n) is 8.95. The first-order chi connectivity index (χ1) is 16.5. The molecule has 170 valence electrons. The summed E-state index contributed by atoms with van der Waals surface area (Å²) in [6.45, 7) is 2.43. The molecule has 1 amide bonds. The van der Waals surface area contributed by atoms with Crippen LogP contribution in [0.15, 0.2) is 91.0 Å². The summed E-state index contributed by atoms with van der Waals surface area (Å²) >= 11 is 0. The maximum absolute atomic E-state index is 13.7. The van der Waals surface area contributed by atoms with Crippen LogP contribution in [0.25, 0.3) is 10.8 Å². The van der Waals surface area contributed by atoms with Crippen molar-refractivity contribution < 1.29 is 14.7 Å². The number of ketones is 1. The first-order valence-electron chi connectivity index (χ1n) is 11.7. The van der Waals surface area contributed by atoms with E-state index in [2.05, 4.69) is 6.92 Å². The molecule has 0 aromatic heterocycles. The first-order valence-corrected chi connectivity index (χ1v) is 11.7. The lowest BCUT2D eigenvalue weighted by Crippen LogP contribution is -2.41. The van der Waals surface area contributed by atoms with Crippen LogP contribution in [0.2, 0.25) is 0 Å². The van der Waals surface area contributed by atoms with E-state index in [-0.39, 0.29) is 12.2 Å². The summed E-state index contributed by atoms with van der Waals surface area (Å²) in [4.78, 5) is 28.4. The SMILES string of the molecule is CCCc1ccc(C(=O)CC2(O)C(=O)N(Cc3cccc4ccccc34)c3ccccc32)cc1. The summed E-state index contributed by atoms with van der Waals surface area (Å²) in [5, 5.41) is 13.8. The van der Waals surface area contributed by atoms with Crippen molar-refractivity contribution in [3.8, 4) is 0 Å². The summed E-state index contributed by atoms with van der Waals surface area (Å²) in [5.74, 6) is -0.710. The maximum atomic E-state index is 13.7. The zero-order valence-electron chi connectivity index (χ0n) is 19.2. The van der Waals surface area contributed by atoms with Crippen LogP contribution in [-0.2, 0) is 23.4 Å². The number of anilines is 1. The van der Waals surface area contributed by atoms with Crippen molar-refractivity contribution in [2.45, 2.75) is 38.3 Å². The lowest BCUT2D eigenvalue weighted by Gasteiger charge is -2.23. The van der Waals surface area contributed by atoms with E-state index in [9.17, 15) is 14.7 Å². The number of carbonyl (C=O) groups is 2. The number of para-hydroxylation sites is 1. The molecule has 0 bridgehead atoms. The summed E-state index contributed by atoms with van der Waals surface area (Å²) in [5.41, 5.74) is 1.90. The highest BCUT2D eigenvalue weighted by molar-refractivity contribution is 6.11. The molecule has 1 atom stereocenters. The number of benzene rings is 4. The Kier molecular flexibility index (Phi) is 5.76. The summed E-state index contributed by atoms with van der Waals surface area (Å²) in [6.07, 6.45) is 1.69. The molecule has 4 aromatic carbocycles. The van der Waals surface area contributed by atoms with Crippen LogP contribution in [0, 0.1) is 0 Å². The number of aryl methyl sites for hydroxylation is 1. The van der Waals surface area contributed by atoms with Gasteiger partial charge in [-0.2, -0.15) is 0 Å². The van der Waals surface area contributed by atoms with Crippen molar-refractivity contribution in [3.63, 3.8) is 0 Å². The summed E-state index contributed by atoms with van der Waals surface area (Å²) in [7, 11) is 0. The topological polar surface area (TPSA) is 57.6 Å². The van der Waals surface area contributed by atoms with Gasteiger partial charge in [0.05, 0.1) is 18.7 Å². The fourth-order valence-corrected chi connectivity index (χ4v) is 4.92. The molecule has 5 rings (SSSR count). The minimum Gasteiger partial charge on any atom is -0.375 e. The molecule has 0 spiro atoms. The van der Waals surface area contributed by atoms with Crippen LogP contribution >= 0.6 is 0 Å². The summed E-state index contributed by atoms with van der Waals surface area (Å²) in [6, 6.07) is 28.7. The minimum absolute atomic E-state index is 0.249. The number of fused-ring (bicyclic) bond motifs is 2. The highest BCUT2D eigenvalue weighted by atomic mass is 16.3. The first kappa shape index (κ1) is 22.1. The van der Waals surface area contributed by atoms with E-state index in [1.807, 2.05) is 66.7 Å². The van der Waals surface area contributed by atoms with E-state index in [1.165, 1.54) is 5.56 Å². The molecule has 0 saturated carbocycles. The highest BCUT2D eigenvalue weighted by Gasteiger charge is 2.50. The number of rotatable bonds is 7. The molecule has 4 heteroatoms. The number of carbonyl (C=O) groups excluding carboxylic acids is 2. The lowest BCUT2D eigenvalue weighted by molar-refractivity contribution is -0.136. The molecule has 0 aliphatic carbocycles. The predicted octanol–water partition coefficient (Wildman–Crippen LogP) is 5.80. The Morgan fingerprint density at radius 2 is 1.59 bits per heavy atom. The van der Waals surface area contributed by atoms with Crippen molar-refractivity contribution in [2.75, 3.05) is 4.90 Å². The number of Topliss-reactive ketones (excluding diaryl/α,β-unsaturated/α-hetero) is 1. The third kappa shape index (κ3) is 3.80. The molecular formula is C30H27NO3. The Morgan fingerprint density at radius 1 is 0.882 bits per heavy atom. The van der Waals surface area contributed by atoms with Gasteiger partial charge in [-0.1, -0.05) is 98.3 Å². The molecule has 0 saturated heterocycles. The third-order valence-corrected chi connectivity index (χ3v) is 6.68. The zero-order valence-corrected chi connectivity index (χ0v) is 19.2. The quantitative estimate of drug-likeness (QED) is 0.363. The Hall–Kier alpha value is -3.76. The van der Waals surface area contributed by atoms with Gasteiger partial charge in [-0.3, -0.25) is 9.59 Å². The molecule has 4 aromatic rings. The fourth-order valence-electron chi connectivity index (χ4n) is 4.92. The Morgan fingerprint density at radius 3 is 2.38 bits per heavy atom. The van der Waals surface area contributed by atoms with E-state index in [4.69, 9.17) is 0 Å². The second-order valence-corrected chi connectivity index (χ2v) is 8.95. The van der Waals surface area contributed by atoms with Crippen LogP contribution in [0.5, 0.6) is 0 Å². The average Bonchev–Trinajstić information content (AvgIpc) is 3.07. The van der Waals surface area contributed by atoms with Crippen LogP contribution in [0.1, 0.15) is 46.8 Å². The van der Waals surface area contributed by atoms with Gasteiger partial charge in [-0.05, 0) is 34.4 Å². The Labute approximate surface area is 199 Å². The van der Waals surface area contributed by atoms with Gasteiger partial charge in [-0.25, -0.2) is 0 Å². The maximum Gasteiger partial charge on any atom is 0.264 e. The van der Waals surface area contributed by atoms with Gasteiger partial charge in [0.15, 0.2) is 11.4 Å². The van der Waals surface area contributed by atoms with Crippen molar-refractivity contribution in [2.24, 2.45) is 0 Å². The molecule has 0 fully saturated rings. The Bertz CT molecular complexity index is 1370. The smallest absolute Gasteiger partial charge is 0.264 e. The molecular weight excluding hydrogens is 422 g/mol. The van der Waals surface area contributed by atoms with Crippen LogP contribution in [-0.4, -0.2) is 16.8 Å². The average molecular weight is 450 g/mol. The van der Waals surface area contributed by atoms with Crippen LogP contribution in [0.3, 0.4) is 0 Å². The van der Waals surface area contributed by atoms with Gasteiger partial charge in [-0.15, -0.1) is 0 Å². The fraction of sp³-hybridized carbons (Fsp3) is 0.200. The van der Waals surface area contributed by atoms with E-state index < -0.39 is 11.5 Å². The molecule has 1 heterocycles. The van der Waals surface area contributed by atoms with Crippen LogP contribution < -0.4 is 4.90 Å². The number of aliphatic hydroxyl groups is 1. The lowest BCUT2D eigenvalue weighted by atomic mass is 9.88. The van der Waals surface area contributed by atoms with Crippen molar-refractivity contribution in [3.05, 3.63) is 113 Å². The van der Waals surface area contributed by atoms with Gasteiger partial charge >= 0.3 is 0 Å². The summed E-state index contributed by atoms with van der Waals surface area (Å²) < 4.78 is 0. The molecule has 1 unspecified atom stereocenters. The molecule has 4 nitrogen and oxygen atoms in total. The Balaban J connectivity index is 1.47. The zero-order chi connectivity index (χ0) is 23.7. The van der Waals surface area contributed by atoms with Gasteiger partial charge in [0, 0.05) is 11.1 Å². The van der Waals surface area contributed by atoms with E-state index in [0.29, 0.717) is 23.4 Å². The van der Waals surface area contributed by atoms with E-state index >= 15 is 0 Å². The minimum atomic E-state index is -1.89. The molecule has 34 heavy (non-hydrogen) atoms. The van der Waals surface area contributed by atoms with E-state index in [1.54, 1.807) is 29.2 Å². The third-order valence-electron chi connectivity index (χ3n) is 6.68. The number of amides is 1. The number of hydrogen-bond acceptors (Lipinski definition) is 3. The van der Waals surface area contributed by atoms with Crippen molar-refractivity contribution in [1.82, 2.24) is 0 Å². The van der Waals surface area contributed by atoms with Gasteiger partial charge < -0.3 is 10.0 Å². The molecule has 1 N–H and O–H groups in total. The van der Waals surface area contributed by atoms with Crippen LogP contribution in [0.4, 0.5) is 5.69 Å². The monoisotopic (exact) mass is 449 g/mol. The van der Waals surface area contributed by atoms with Gasteiger partial charge in [0.25, 0.3) is 5.91 Å². The highest BCUT2D eigenvalue weighted by Crippen LogP contribution is 2.43. The number of nitrogens with zero attached hydrogens (tertiary/aromatic N) is 1. The number of hydrogen-bond donors (Lipinski definition) is 1. The normalized spacial score (nSPS) is 17.2. The predicted molar refractivity (Wildman–Crippen MR) is 135 cm³/mol. The van der Waals surface area contributed by atoms with Crippen molar-refractivity contribution in [1.29, 1.82) is 0 Å². The molecule has 1 aliphatic heterocycles. The molecule has 0 radical (unpaired) electrons. The van der Waals surface area contributed by atoms with Crippen molar-refractivity contribution >= 4 is 28.2 Å². The molecule has 1 aliphatic rings. The standard InChI is InChI=1S/C30H27NO3/c1-2-8-21-15-17-23(18-16-21)28(32)19-30(34)26-13-5-6-14-27(26)31(29(30)33)20-24-11-7-10-22-9-3-4-12-25(22)24/h3-7,9-18,34H,2,8,19-20H2,1H3. The largest absolute Gasteiger partial charge is 0.375 e. The van der Waals surface area contributed by atoms with Gasteiger partial charge in [0.2, 0.25) is 0 Å². The second kappa shape index (κ2) is 8.88. The van der Waals surface area contributed by atoms with E-state index in [0.717, 1.165) is 29.2 Å².